The molecule has 3 nitrogen and oxygen atoms in total. The molecule has 0 aromatic heterocycles. The second-order valence-electron chi connectivity index (χ2n) is 3.87. The van der Waals surface area contributed by atoms with Gasteiger partial charge < -0.3 is 11.1 Å². The van der Waals surface area contributed by atoms with E-state index in [1.165, 1.54) is 6.07 Å². The Morgan fingerprint density at radius 3 is 2.76 bits per heavy atom. The van der Waals surface area contributed by atoms with Gasteiger partial charge in [0.2, 0.25) is 0 Å². The molecule has 1 aromatic rings. The molecular weight excluding hydrogens is 231 g/mol. The molecule has 6 heteroatoms. The van der Waals surface area contributed by atoms with Gasteiger partial charge in [-0.05, 0) is 24.1 Å². The highest BCUT2D eigenvalue weighted by atomic mass is 19.4. The first-order valence-electron chi connectivity index (χ1n) is 5.21. The van der Waals surface area contributed by atoms with Crippen molar-refractivity contribution < 1.29 is 13.2 Å². The zero-order valence-corrected chi connectivity index (χ0v) is 8.96. The van der Waals surface area contributed by atoms with E-state index in [0.29, 0.717) is 18.5 Å². The summed E-state index contributed by atoms with van der Waals surface area (Å²) < 4.78 is 37.6. The van der Waals surface area contributed by atoms with Gasteiger partial charge in [-0.2, -0.15) is 13.2 Å². The van der Waals surface area contributed by atoms with Crippen LogP contribution in [-0.4, -0.2) is 12.5 Å². The number of nitrogens with one attached hydrogen (secondary N) is 1. The fourth-order valence-electron chi connectivity index (χ4n) is 1.78. The zero-order valence-electron chi connectivity index (χ0n) is 8.96. The maximum absolute atomic E-state index is 12.5. The van der Waals surface area contributed by atoms with Crippen LogP contribution in [0.3, 0.4) is 0 Å². The van der Waals surface area contributed by atoms with E-state index >= 15 is 0 Å². The Morgan fingerprint density at radius 1 is 1.35 bits per heavy atom. The van der Waals surface area contributed by atoms with Crippen molar-refractivity contribution in [3.63, 3.8) is 0 Å². The standard InChI is InChI=1S/C11H12F3N3/c12-11(13,14)8-3-1-2-7(6-8)9-4-5-16-10(15)17-9/h1-3,6,9H,4-5H2,(H3,15,16,17). The number of hydrogen-bond acceptors (Lipinski definition) is 3. The number of guanidine groups is 1. The first-order valence-corrected chi connectivity index (χ1v) is 5.21. The number of nitrogens with two attached hydrogens (primary N) is 1. The summed E-state index contributed by atoms with van der Waals surface area (Å²) >= 11 is 0. The number of benzene rings is 1. The maximum atomic E-state index is 12.5. The first kappa shape index (κ1) is 11.8. The molecule has 0 spiro atoms. The van der Waals surface area contributed by atoms with Gasteiger partial charge in [0.25, 0.3) is 0 Å². The minimum absolute atomic E-state index is 0.277. The quantitative estimate of drug-likeness (QED) is 0.793. The Bertz CT molecular complexity index is 440. The summed E-state index contributed by atoms with van der Waals surface area (Å²) in [7, 11) is 0. The van der Waals surface area contributed by atoms with Crippen LogP contribution in [0.1, 0.15) is 23.6 Å². The summed E-state index contributed by atoms with van der Waals surface area (Å²) in [6.45, 7) is 0.621. The second-order valence-corrected chi connectivity index (χ2v) is 3.87. The molecule has 17 heavy (non-hydrogen) atoms. The van der Waals surface area contributed by atoms with Gasteiger partial charge in [0.15, 0.2) is 5.96 Å². The highest BCUT2D eigenvalue weighted by Crippen LogP contribution is 2.32. The molecule has 3 N–H and O–H groups in total. The van der Waals surface area contributed by atoms with Gasteiger partial charge in [-0.25, -0.2) is 4.99 Å². The first-order chi connectivity index (χ1) is 7.97. The molecule has 0 saturated heterocycles. The van der Waals surface area contributed by atoms with Crippen molar-refractivity contribution in [1.82, 2.24) is 5.32 Å². The smallest absolute Gasteiger partial charge is 0.370 e. The van der Waals surface area contributed by atoms with Crippen molar-refractivity contribution in [2.24, 2.45) is 10.7 Å². The Hall–Kier alpha value is -1.72. The zero-order chi connectivity index (χ0) is 12.5. The van der Waals surface area contributed by atoms with E-state index in [9.17, 15) is 13.2 Å². The number of aliphatic imine (C=N–C) groups is 1. The van der Waals surface area contributed by atoms with Gasteiger partial charge in [-0.1, -0.05) is 12.1 Å². The summed E-state index contributed by atoms with van der Waals surface area (Å²) in [6, 6.07) is 4.93. The van der Waals surface area contributed by atoms with Crippen molar-refractivity contribution in [2.75, 3.05) is 6.54 Å². The van der Waals surface area contributed by atoms with E-state index in [1.54, 1.807) is 6.07 Å². The molecule has 0 saturated carbocycles. The highest BCUT2D eigenvalue weighted by Gasteiger charge is 2.31. The molecule has 1 aliphatic rings. The van der Waals surface area contributed by atoms with Crippen molar-refractivity contribution in [3.05, 3.63) is 35.4 Å². The normalized spacial score (nSPS) is 20.6. The summed E-state index contributed by atoms with van der Waals surface area (Å²) in [5.74, 6) is 0.277. The molecule has 0 radical (unpaired) electrons. The van der Waals surface area contributed by atoms with Gasteiger partial charge in [0.1, 0.15) is 0 Å². The lowest BCUT2D eigenvalue weighted by atomic mass is 10.0. The van der Waals surface area contributed by atoms with Gasteiger partial charge in [-0.3, -0.25) is 0 Å². The topological polar surface area (TPSA) is 50.4 Å². The maximum Gasteiger partial charge on any atom is 0.416 e. The van der Waals surface area contributed by atoms with E-state index in [0.717, 1.165) is 12.1 Å². The van der Waals surface area contributed by atoms with E-state index in [4.69, 9.17) is 5.73 Å². The highest BCUT2D eigenvalue weighted by molar-refractivity contribution is 5.78. The average molecular weight is 243 g/mol. The van der Waals surface area contributed by atoms with Crippen LogP contribution < -0.4 is 11.1 Å². The third-order valence-electron chi connectivity index (χ3n) is 2.62. The lowest BCUT2D eigenvalue weighted by Gasteiger charge is -2.20. The van der Waals surface area contributed by atoms with Crippen LogP contribution >= 0.6 is 0 Å². The monoisotopic (exact) mass is 243 g/mol. The number of hydrogen-bond donors (Lipinski definition) is 2. The average Bonchev–Trinajstić information content (AvgIpc) is 2.28. The summed E-state index contributed by atoms with van der Waals surface area (Å²) in [5, 5.41) is 2.83. The molecule has 1 heterocycles. The van der Waals surface area contributed by atoms with E-state index in [1.807, 2.05) is 0 Å². The summed E-state index contributed by atoms with van der Waals surface area (Å²) in [6.07, 6.45) is -3.68. The van der Waals surface area contributed by atoms with Crippen LogP contribution in [0, 0.1) is 0 Å². The molecule has 0 fully saturated rings. The Kier molecular flexibility index (Phi) is 2.95. The molecule has 0 amide bonds. The van der Waals surface area contributed by atoms with Crippen molar-refractivity contribution in [1.29, 1.82) is 0 Å². The molecule has 0 bridgehead atoms. The second kappa shape index (κ2) is 4.27. The predicted octanol–water partition coefficient (Wildman–Crippen LogP) is 2.05. The summed E-state index contributed by atoms with van der Waals surface area (Å²) in [5.41, 5.74) is 5.40. The van der Waals surface area contributed by atoms with E-state index in [-0.39, 0.29) is 12.0 Å². The number of rotatable bonds is 1. The fraction of sp³-hybridized carbons (Fsp3) is 0.364. The SMILES string of the molecule is NC1=NC(c2cccc(C(F)(F)F)c2)CCN1. The number of nitrogens with zero attached hydrogens (tertiary/aromatic N) is 1. The largest absolute Gasteiger partial charge is 0.416 e. The minimum atomic E-state index is -4.32. The van der Waals surface area contributed by atoms with Crippen molar-refractivity contribution >= 4 is 5.96 Å². The van der Waals surface area contributed by atoms with Crippen LogP contribution in [0.4, 0.5) is 13.2 Å². The molecule has 0 aliphatic carbocycles. The van der Waals surface area contributed by atoms with Crippen LogP contribution in [-0.2, 0) is 6.18 Å². The minimum Gasteiger partial charge on any atom is -0.370 e. The fourth-order valence-corrected chi connectivity index (χ4v) is 1.78. The summed E-state index contributed by atoms with van der Waals surface area (Å²) in [4.78, 5) is 4.09. The van der Waals surface area contributed by atoms with Crippen LogP contribution in [0.25, 0.3) is 0 Å². The molecule has 1 unspecified atom stereocenters. The van der Waals surface area contributed by atoms with Gasteiger partial charge in [0.05, 0.1) is 11.6 Å². The third kappa shape index (κ3) is 2.69. The predicted molar refractivity (Wildman–Crippen MR) is 58.4 cm³/mol. The van der Waals surface area contributed by atoms with E-state index < -0.39 is 11.7 Å². The lowest BCUT2D eigenvalue weighted by molar-refractivity contribution is -0.137. The molecule has 1 atom stereocenters. The van der Waals surface area contributed by atoms with Crippen LogP contribution in [0.15, 0.2) is 29.3 Å². The molecule has 92 valence electrons. The van der Waals surface area contributed by atoms with Gasteiger partial charge in [-0.15, -0.1) is 0 Å². The third-order valence-corrected chi connectivity index (χ3v) is 2.62. The Balaban J connectivity index is 2.30. The van der Waals surface area contributed by atoms with Gasteiger partial charge >= 0.3 is 6.18 Å². The van der Waals surface area contributed by atoms with Crippen LogP contribution in [0.5, 0.6) is 0 Å². The van der Waals surface area contributed by atoms with Gasteiger partial charge in [0, 0.05) is 6.54 Å². The van der Waals surface area contributed by atoms with Crippen LogP contribution in [0.2, 0.25) is 0 Å². The Labute approximate surface area is 96.5 Å². The molecule has 2 rings (SSSR count). The van der Waals surface area contributed by atoms with Crippen molar-refractivity contribution in [3.8, 4) is 0 Å². The number of alkyl halides is 3. The van der Waals surface area contributed by atoms with Crippen molar-refractivity contribution in [2.45, 2.75) is 18.6 Å². The number of halogens is 3. The molecular formula is C11H12F3N3. The van der Waals surface area contributed by atoms with E-state index in [2.05, 4.69) is 10.3 Å². The lowest BCUT2D eigenvalue weighted by Crippen LogP contribution is -2.36. The molecule has 1 aliphatic heterocycles. The Morgan fingerprint density at radius 2 is 2.12 bits per heavy atom. The molecule has 1 aromatic carbocycles.